The maximum absolute atomic E-state index is 6.08. The summed E-state index contributed by atoms with van der Waals surface area (Å²) in [5.74, 6) is 2.00. The van der Waals surface area contributed by atoms with Gasteiger partial charge in [0.2, 0.25) is 0 Å². The van der Waals surface area contributed by atoms with Gasteiger partial charge in [-0.15, -0.1) is 11.8 Å². The minimum atomic E-state index is 0.892. The van der Waals surface area contributed by atoms with Crippen molar-refractivity contribution in [3.05, 3.63) is 90.8 Å². The third-order valence-corrected chi connectivity index (χ3v) is 6.96. The number of aromatic nitrogens is 2. The van der Waals surface area contributed by atoms with E-state index >= 15 is 0 Å². The van der Waals surface area contributed by atoms with E-state index in [1.165, 1.54) is 16.1 Å². The van der Waals surface area contributed by atoms with Crippen LogP contribution in [0.2, 0.25) is 0 Å². The van der Waals surface area contributed by atoms with Gasteiger partial charge in [-0.05, 0) is 47.5 Å². The van der Waals surface area contributed by atoms with Crippen LogP contribution in [0, 0.1) is 0 Å². The van der Waals surface area contributed by atoms with E-state index in [2.05, 4.69) is 71.3 Å². The lowest BCUT2D eigenvalue weighted by Gasteiger charge is -2.18. The molecule has 4 heteroatoms. The zero-order chi connectivity index (χ0) is 19.7. The standard InChI is InChI=1S/C26H16N2OS/c1-3-9-22-18(6-1)26-17(7-5-10-23(26)29-22)16-12-13-20-19(14-16)27-25-15-30-24-11-4-2-8-21(24)28(20)25/h1-14H,15H2. The summed E-state index contributed by atoms with van der Waals surface area (Å²) in [6.45, 7) is 0. The zero-order valence-corrected chi connectivity index (χ0v) is 16.8. The summed E-state index contributed by atoms with van der Waals surface area (Å²) in [6, 6.07) is 29.7. The Morgan fingerprint density at radius 3 is 2.70 bits per heavy atom. The Bertz CT molecular complexity index is 1610. The van der Waals surface area contributed by atoms with Crippen molar-refractivity contribution in [2.45, 2.75) is 10.6 Å². The van der Waals surface area contributed by atoms with Gasteiger partial charge in [-0.2, -0.15) is 0 Å². The van der Waals surface area contributed by atoms with Crippen molar-refractivity contribution in [3.63, 3.8) is 0 Å². The molecule has 0 saturated carbocycles. The molecule has 0 saturated heterocycles. The average molecular weight is 404 g/mol. The van der Waals surface area contributed by atoms with Crippen LogP contribution < -0.4 is 0 Å². The van der Waals surface area contributed by atoms with Crippen molar-refractivity contribution in [1.29, 1.82) is 0 Å². The number of thioether (sulfide) groups is 1. The number of furan rings is 1. The van der Waals surface area contributed by atoms with Crippen LogP contribution in [-0.4, -0.2) is 9.55 Å². The van der Waals surface area contributed by atoms with E-state index in [1.807, 2.05) is 30.0 Å². The molecule has 0 N–H and O–H groups in total. The molecule has 0 fully saturated rings. The molecule has 0 unspecified atom stereocenters. The van der Waals surface area contributed by atoms with Gasteiger partial charge in [0.25, 0.3) is 0 Å². The lowest BCUT2D eigenvalue weighted by molar-refractivity contribution is 0.669. The molecule has 6 aromatic rings. The summed E-state index contributed by atoms with van der Waals surface area (Å²) in [5.41, 5.74) is 7.60. The summed E-state index contributed by atoms with van der Waals surface area (Å²) in [6.07, 6.45) is 0. The Balaban J connectivity index is 1.48. The van der Waals surface area contributed by atoms with Crippen LogP contribution in [0.3, 0.4) is 0 Å². The molecule has 2 aromatic heterocycles. The molecule has 1 aliphatic heterocycles. The fourth-order valence-corrected chi connectivity index (χ4v) is 5.55. The van der Waals surface area contributed by atoms with Crippen LogP contribution in [0.5, 0.6) is 0 Å². The molecule has 0 atom stereocenters. The summed E-state index contributed by atoms with van der Waals surface area (Å²) < 4.78 is 8.39. The Morgan fingerprint density at radius 1 is 0.833 bits per heavy atom. The van der Waals surface area contributed by atoms with Gasteiger partial charge in [0, 0.05) is 15.7 Å². The summed E-state index contributed by atoms with van der Waals surface area (Å²) in [7, 11) is 0. The Hall–Kier alpha value is -3.50. The molecule has 30 heavy (non-hydrogen) atoms. The average Bonchev–Trinajstić information content (AvgIpc) is 3.36. The minimum Gasteiger partial charge on any atom is -0.456 e. The van der Waals surface area contributed by atoms with E-state index in [0.717, 1.165) is 50.1 Å². The summed E-state index contributed by atoms with van der Waals surface area (Å²) in [4.78, 5) is 6.30. The van der Waals surface area contributed by atoms with Gasteiger partial charge in [-0.25, -0.2) is 4.98 Å². The second-order valence-electron chi connectivity index (χ2n) is 7.60. The van der Waals surface area contributed by atoms with E-state index in [-0.39, 0.29) is 0 Å². The fraction of sp³-hybridized carbons (Fsp3) is 0.0385. The molecule has 3 heterocycles. The van der Waals surface area contributed by atoms with Crippen molar-refractivity contribution < 1.29 is 4.42 Å². The summed E-state index contributed by atoms with van der Waals surface area (Å²) >= 11 is 1.86. The van der Waals surface area contributed by atoms with Gasteiger partial charge in [0.15, 0.2) is 0 Å². The SMILES string of the molecule is c1ccc2c(c1)SCc1nc3cc(-c4cccc5oc6ccccc6c45)ccc3n1-2. The predicted molar refractivity (Wildman–Crippen MR) is 123 cm³/mol. The van der Waals surface area contributed by atoms with Crippen molar-refractivity contribution in [2.75, 3.05) is 0 Å². The van der Waals surface area contributed by atoms with E-state index in [1.54, 1.807) is 0 Å². The molecule has 3 nitrogen and oxygen atoms in total. The number of imidazole rings is 1. The summed E-state index contributed by atoms with van der Waals surface area (Å²) in [5, 5.41) is 2.31. The number of rotatable bonds is 1. The molecule has 0 radical (unpaired) electrons. The second kappa shape index (κ2) is 6.00. The van der Waals surface area contributed by atoms with E-state index in [4.69, 9.17) is 9.40 Å². The monoisotopic (exact) mass is 404 g/mol. The molecule has 7 rings (SSSR count). The smallest absolute Gasteiger partial charge is 0.136 e. The third kappa shape index (κ3) is 2.20. The van der Waals surface area contributed by atoms with E-state index in [0.29, 0.717) is 0 Å². The molecule has 0 amide bonds. The first-order chi connectivity index (χ1) is 14.9. The van der Waals surface area contributed by atoms with Crippen molar-refractivity contribution >= 4 is 44.7 Å². The van der Waals surface area contributed by atoms with Crippen LogP contribution in [0.4, 0.5) is 0 Å². The highest BCUT2D eigenvalue weighted by atomic mass is 32.2. The number of fused-ring (bicyclic) bond motifs is 8. The molecule has 0 aliphatic carbocycles. The second-order valence-corrected chi connectivity index (χ2v) is 8.62. The van der Waals surface area contributed by atoms with Crippen molar-refractivity contribution in [2.24, 2.45) is 0 Å². The Morgan fingerprint density at radius 2 is 1.70 bits per heavy atom. The maximum atomic E-state index is 6.08. The Labute approximate surface area is 177 Å². The van der Waals surface area contributed by atoms with Gasteiger partial charge >= 0.3 is 0 Å². The van der Waals surface area contributed by atoms with Crippen molar-refractivity contribution in [1.82, 2.24) is 9.55 Å². The zero-order valence-electron chi connectivity index (χ0n) is 16.0. The molecule has 1 aliphatic rings. The molecule has 142 valence electrons. The van der Waals surface area contributed by atoms with Gasteiger partial charge in [0.1, 0.15) is 17.0 Å². The van der Waals surface area contributed by atoms with Crippen LogP contribution >= 0.6 is 11.8 Å². The quantitative estimate of drug-likeness (QED) is 0.290. The van der Waals surface area contributed by atoms with Gasteiger partial charge in [-0.3, -0.25) is 4.57 Å². The molecule has 4 aromatic carbocycles. The van der Waals surface area contributed by atoms with Gasteiger partial charge in [-0.1, -0.05) is 48.5 Å². The molecule has 0 bridgehead atoms. The number of hydrogen-bond acceptors (Lipinski definition) is 3. The molecular weight excluding hydrogens is 388 g/mol. The highest BCUT2D eigenvalue weighted by Gasteiger charge is 2.21. The topological polar surface area (TPSA) is 31.0 Å². The number of hydrogen-bond donors (Lipinski definition) is 0. The van der Waals surface area contributed by atoms with Gasteiger partial charge < -0.3 is 4.42 Å². The third-order valence-electron chi connectivity index (χ3n) is 5.90. The Kier molecular flexibility index (Phi) is 3.26. The van der Waals surface area contributed by atoms with Crippen LogP contribution in [-0.2, 0) is 5.75 Å². The van der Waals surface area contributed by atoms with Crippen LogP contribution in [0.1, 0.15) is 5.82 Å². The highest BCUT2D eigenvalue weighted by molar-refractivity contribution is 7.98. The highest BCUT2D eigenvalue weighted by Crippen LogP contribution is 2.40. The largest absolute Gasteiger partial charge is 0.456 e. The maximum Gasteiger partial charge on any atom is 0.136 e. The molecular formula is C26H16N2OS. The minimum absolute atomic E-state index is 0.892. The van der Waals surface area contributed by atoms with E-state index < -0.39 is 0 Å². The van der Waals surface area contributed by atoms with Crippen LogP contribution in [0.15, 0.2) is 94.2 Å². The van der Waals surface area contributed by atoms with Crippen LogP contribution in [0.25, 0.3) is 49.8 Å². The van der Waals surface area contributed by atoms with E-state index in [9.17, 15) is 0 Å². The first-order valence-electron chi connectivity index (χ1n) is 10.0. The normalized spacial score (nSPS) is 13.1. The lowest BCUT2D eigenvalue weighted by atomic mass is 9.99. The number of para-hydroxylation sites is 2. The first kappa shape index (κ1) is 16.3. The number of nitrogens with zero attached hydrogens (tertiary/aromatic N) is 2. The number of benzene rings is 4. The van der Waals surface area contributed by atoms with Crippen molar-refractivity contribution in [3.8, 4) is 16.8 Å². The predicted octanol–water partition coefficient (Wildman–Crippen LogP) is 7.20. The molecule has 0 spiro atoms. The fourth-order valence-electron chi connectivity index (χ4n) is 4.58. The first-order valence-corrected chi connectivity index (χ1v) is 11.0. The lowest BCUT2D eigenvalue weighted by Crippen LogP contribution is -2.05. The van der Waals surface area contributed by atoms with Gasteiger partial charge in [0.05, 0.1) is 22.5 Å².